The summed E-state index contributed by atoms with van der Waals surface area (Å²) in [6.07, 6.45) is 1.67. The molecule has 2 aromatic rings. The lowest BCUT2D eigenvalue weighted by atomic mass is 9.71. The number of carbonyl (C=O) groups is 2. The monoisotopic (exact) mass is 495 g/mol. The third-order valence-electron chi connectivity index (χ3n) is 6.55. The van der Waals surface area contributed by atoms with Crippen molar-refractivity contribution in [3.8, 4) is 11.5 Å². The Hall–Kier alpha value is -3.25. The number of hydrogen-bond donors (Lipinski definition) is 1. The van der Waals surface area contributed by atoms with Gasteiger partial charge in [0, 0.05) is 34.3 Å². The number of dihydropyridines is 1. The number of methoxy groups -OCH3 is 2. The summed E-state index contributed by atoms with van der Waals surface area (Å²) in [6.45, 7) is 4.12. The lowest BCUT2D eigenvalue weighted by molar-refractivity contribution is -0.139. The van der Waals surface area contributed by atoms with E-state index in [0.717, 1.165) is 16.8 Å². The maximum Gasteiger partial charge on any atom is 0.336 e. The number of benzene rings is 2. The highest BCUT2D eigenvalue weighted by Gasteiger charge is 2.41. The molecule has 1 aliphatic heterocycles. The number of hydrogen-bond acceptors (Lipinski definition) is 6. The SMILES string of the molecule is CCCOC(=O)C1=C(C)NC2=C(C(=O)C[C@H](c3ccc(OC)c(OC)c3)C2)[C@@H]1c1cccc(Cl)c1. The van der Waals surface area contributed by atoms with Crippen LogP contribution < -0.4 is 14.8 Å². The van der Waals surface area contributed by atoms with Gasteiger partial charge in [0.05, 0.1) is 26.4 Å². The first-order valence-electron chi connectivity index (χ1n) is 11.8. The predicted molar refractivity (Wildman–Crippen MR) is 135 cm³/mol. The lowest BCUT2D eigenvalue weighted by Crippen LogP contribution is -2.36. The minimum Gasteiger partial charge on any atom is -0.493 e. The molecule has 0 bridgehead atoms. The summed E-state index contributed by atoms with van der Waals surface area (Å²) < 4.78 is 16.3. The van der Waals surface area contributed by atoms with Crippen molar-refractivity contribution in [1.82, 2.24) is 5.32 Å². The molecule has 0 unspecified atom stereocenters. The fourth-order valence-electron chi connectivity index (χ4n) is 4.94. The standard InChI is InChI=1S/C28H30ClNO5/c1-5-11-35-28(32)25-16(2)30-21-13-19(17-9-10-23(33-3)24(15-17)34-4)14-22(31)27(21)26(25)18-7-6-8-20(29)12-18/h6-10,12,15,19,26,30H,5,11,13-14H2,1-4H3/t19-,26-/m1/s1. The second-order valence-electron chi connectivity index (χ2n) is 8.82. The van der Waals surface area contributed by atoms with Gasteiger partial charge in [-0.15, -0.1) is 0 Å². The van der Waals surface area contributed by atoms with E-state index in [1.165, 1.54) is 0 Å². The molecule has 7 heteroatoms. The zero-order valence-electron chi connectivity index (χ0n) is 20.4. The van der Waals surface area contributed by atoms with Crippen LogP contribution in [0.5, 0.6) is 11.5 Å². The number of allylic oxidation sites excluding steroid dienone is 3. The summed E-state index contributed by atoms with van der Waals surface area (Å²) in [5.74, 6) is 0.287. The van der Waals surface area contributed by atoms with E-state index in [0.29, 0.717) is 59.2 Å². The molecule has 35 heavy (non-hydrogen) atoms. The molecule has 1 N–H and O–H groups in total. The summed E-state index contributed by atoms with van der Waals surface area (Å²) in [5.41, 5.74) is 4.38. The summed E-state index contributed by atoms with van der Waals surface area (Å²) in [6, 6.07) is 13.1. The molecular formula is C28H30ClNO5. The van der Waals surface area contributed by atoms with Crippen LogP contribution >= 0.6 is 11.6 Å². The van der Waals surface area contributed by atoms with E-state index in [9.17, 15) is 9.59 Å². The average molecular weight is 496 g/mol. The Balaban J connectivity index is 1.76. The number of ketones is 1. The molecule has 0 amide bonds. The van der Waals surface area contributed by atoms with Crippen molar-refractivity contribution < 1.29 is 23.8 Å². The highest BCUT2D eigenvalue weighted by molar-refractivity contribution is 6.30. The Bertz CT molecular complexity index is 1220. The molecule has 0 saturated carbocycles. The van der Waals surface area contributed by atoms with Crippen molar-refractivity contribution in [2.45, 2.75) is 44.9 Å². The van der Waals surface area contributed by atoms with Crippen LogP contribution in [-0.4, -0.2) is 32.6 Å². The van der Waals surface area contributed by atoms with Crippen LogP contribution in [0.2, 0.25) is 5.02 Å². The predicted octanol–water partition coefficient (Wildman–Crippen LogP) is 5.67. The zero-order valence-corrected chi connectivity index (χ0v) is 21.2. The third kappa shape index (κ3) is 4.94. The molecule has 184 valence electrons. The minimum atomic E-state index is -0.534. The maximum atomic E-state index is 13.7. The molecule has 0 radical (unpaired) electrons. The van der Waals surface area contributed by atoms with Crippen molar-refractivity contribution >= 4 is 23.4 Å². The number of rotatable bonds is 7. The van der Waals surface area contributed by atoms with E-state index in [4.69, 9.17) is 25.8 Å². The van der Waals surface area contributed by atoms with E-state index in [1.54, 1.807) is 20.3 Å². The van der Waals surface area contributed by atoms with Gasteiger partial charge in [-0.1, -0.05) is 36.7 Å². The van der Waals surface area contributed by atoms with Crippen molar-refractivity contribution in [1.29, 1.82) is 0 Å². The number of carbonyl (C=O) groups excluding carboxylic acids is 2. The van der Waals surface area contributed by atoms with E-state index in [-0.39, 0.29) is 11.7 Å². The van der Waals surface area contributed by atoms with Gasteiger partial charge in [-0.3, -0.25) is 4.79 Å². The highest BCUT2D eigenvalue weighted by atomic mass is 35.5. The second kappa shape index (κ2) is 10.6. The topological polar surface area (TPSA) is 73.9 Å². The van der Waals surface area contributed by atoms with Gasteiger partial charge in [-0.05, 0) is 61.1 Å². The molecule has 0 aromatic heterocycles. The van der Waals surface area contributed by atoms with Crippen molar-refractivity contribution in [3.05, 3.63) is 81.2 Å². The minimum absolute atomic E-state index is 0.00296. The summed E-state index contributed by atoms with van der Waals surface area (Å²) in [4.78, 5) is 26.8. The van der Waals surface area contributed by atoms with Crippen LogP contribution in [0, 0.1) is 0 Å². The number of halogens is 1. The molecule has 2 aliphatic rings. The smallest absolute Gasteiger partial charge is 0.336 e. The van der Waals surface area contributed by atoms with E-state index in [1.807, 2.05) is 50.2 Å². The van der Waals surface area contributed by atoms with Crippen LogP contribution in [0.1, 0.15) is 56.1 Å². The van der Waals surface area contributed by atoms with Gasteiger partial charge in [-0.25, -0.2) is 4.79 Å². The first-order chi connectivity index (χ1) is 16.9. The zero-order chi connectivity index (χ0) is 25.1. The van der Waals surface area contributed by atoms with E-state index >= 15 is 0 Å². The Morgan fingerprint density at radius 3 is 2.51 bits per heavy atom. The van der Waals surface area contributed by atoms with Crippen molar-refractivity contribution in [2.75, 3.05) is 20.8 Å². The summed E-state index contributed by atoms with van der Waals surface area (Å²) >= 11 is 6.31. The molecule has 0 fully saturated rings. The van der Waals surface area contributed by atoms with Crippen LogP contribution in [0.25, 0.3) is 0 Å². The number of Topliss-reactive ketones (excluding diaryl/α,β-unsaturated/α-hetero) is 1. The first kappa shape index (κ1) is 24.9. The fraction of sp³-hybridized carbons (Fsp3) is 0.357. The van der Waals surface area contributed by atoms with Gasteiger partial charge in [-0.2, -0.15) is 0 Å². The van der Waals surface area contributed by atoms with Gasteiger partial charge in [0.2, 0.25) is 0 Å². The molecule has 4 rings (SSSR count). The molecule has 2 atom stereocenters. The Labute approximate surface area is 210 Å². The van der Waals surface area contributed by atoms with Gasteiger partial charge < -0.3 is 19.5 Å². The maximum absolute atomic E-state index is 13.7. The van der Waals surface area contributed by atoms with Crippen LogP contribution in [-0.2, 0) is 14.3 Å². The summed E-state index contributed by atoms with van der Waals surface area (Å²) in [7, 11) is 3.19. The summed E-state index contributed by atoms with van der Waals surface area (Å²) in [5, 5.41) is 3.92. The number of ether oxygens (including phenoxy) is 3. The van der Waals surface area contributed by atoms with Gasteiger partial charge in [0.25, 0.3) is 0 Å². The molecule has 1 heterocycles. The molecule has 0 spiro atoms. The fourth-order valence-corrected chi connectivity index (χ4v) is 5.14. The molecule has 0 saturated heterocycles. The quantitative estimate of drug-likeness (QED) is 0.499. The molecule has 6 nitrogen and oxygen atoms in total. The van der Waals surface area contributed by atoms with Crippen LogP contribution in [0.3, 0.4) is 0 Å². The first-order valence-corrected chi connectivity index (χ1v) is 12.1. The van der Waals surface area contributed by atoms with E-state index < -0.39 is 11.9 Å². The largest absolute Gasteiger partial charge is 0.493 e. The van der Waals surface area contributed by atoms with Crippen molar-refractivity contribution in [3.63, 3.8) is 0 Å². The normalized spacial score (nSPS) is 19.7. The number of esters is 1. The molecule has 1 aliphatic carbocycles. The Kier molecular flexibility index (Phi) is 7.51. The van der Waals surface area contributed by atoms with Gasteiger partial charge in [0.15, 0.2) is 17.3 Å². The average Bonchev–Trinajstić information content (AvgIpc) is 2.85. The number of nitrogens with one attached hydrogen (secondary N) is 1. The third-order valence-corrected chi connectivity index (χ3v) is 6.78. The highest BCUT2D eigenvalue weighted by Crippen LogP contribution is 2.46. The van der Waals surface area contributed by atoms with E-state index in [2.05, 4.69) is 5.32 Å². The lowest BCUT2D eigenvalue weighted by Gasteiger charge is -2.36. The Morgan fingerprint density at radius 2 is 1.83 bits per heavy atom. The molecule has 2 aromatic carbocycles. The Morgan fingerprint density at radius 1 is 1.06 bits per heavy atom. The molecular weight excluding hydrogens is 466 g/mol. The van der Waals surface area contributed by atoms with Crippen LogP contribution in [0.4, 0.5) is 0 Å². The van der Waals surface area contributed by atoms with Gasteiger partial charge >= 0.3 is 5.97 Å². The van der Waals surface area contributed by atoms with Crippen molar-refractivity contribution in [2.24, 2.45) is 0 Å². The second-order valence-corrected chi connectivity index (χ2v) is 9.26. The van der Waals surface area contributed by atoms with Crippen LogP contribution in [0.15, 0.2) is 65.0 Å². The van der Waals surface area contributed by atoms with Gasteiger partial charge in [0.1, 0.15) is 0 Å².